The van der Waals surface area contributed by atoms with Crippen molar-refractivity contribution >= 4 is 29.5 Å². The molecule has 0 aliphatic heterocycles. The first kappa shape index (κ1) is 13.9. The molecule has 0 spiro atoms. The number of aromatic nitrogens is 1. The van der Waals surface area contributed by atoms with Gasteiger partial charge in [-0.25, -0.2) is 14.6 Å². The molecule has 0 aliphatic carbocycles. The van der Waals surface area contributed by atoms with Crippen LogP contribution in [0.3, 0.4) is 0 Å². The molecule has 1 rings (SSSR count). The fraction of sp³-hybridized carbons (Fsp3) is 0.200. The monoisotopic (exact) mass is 271 g/mol. The minimum atomic E-state index is -1.15. The number of primary amides is 1. The van der Waals surface area contributed by atoms with Crippen molar-refractivity contribution in [1.29, 1.82) is 0 Å². The highest BCUT2D eigenvalue weighted by Gasteiger charge is 2.20. The second kappa shape index (κ2) is 5.97. The van der Waals surface area contributed by atoms with E-state index >= 15 is 0 Å². The zero-order chi connectivity index (χ0) is 13.7. The van der Waals surface area contributed by atoms with Crippen molar-refractivity contribution in [1.82, 2.24) is 10.3 Å². The third-order valence-corrected chi connectivity index (χ3v) is 2.09. The van der Waals surface area contributed by atoms with E-state index in [1.165, 1.54) is 25.3 Å². The van der Waals surface area contributed by atoms with E-state index in [-0.39, 0.29) is 10.7 Å². The average molecular weight is 272 g/mol. The van der Waals surface area contributed by atoms with Gasteiger partial charge >= 0.3 is 12.0 Å². The van der Waals surface area contributed by atoms with Gasteiger partial charge in [0.2, 0.25) is 0 Å². The molecule has 8 heteroatoms. The number of amides is 3. The number of esters is 1. The molecule has 0 saturated carbocycles. The van der Waals surface area contributed by atoms with Gasteiger partial charge in [0.1, 0.15) is 5.15 Å². The van der Waals surface area contributed by atoms with Gasteiger partial charge in [-0.3, -0.25) is 10.1 Å². The minimum Gasteiger partial charge on any atom is -0.449 e. The number of carbonyl (C=O) groups is 3. The molecular formula is C10H10ClN3O4. The van der Waals surface area contributed by atoms with Crippen molar-refractivity contribution in [2.24, 2.45) is 5.73 Å². The maximum absolute atomic E-state index is 11.6. The van der Waals surface area contributed by atoms with Gasteiger partial charge in [0, 0.05) is 6.20 Å². The standard InChI is InChI=1S/C10H10ClN3O4/c1-5(8(15)14-10(12)17)18-9(16)6-2-3-7(11)13-4-6/h2-5H,1H3,(H3,12,14,15,17)/t5-/m0/s1. The molecule has 18 heavy (non-hydrogen) atoms. The summed E-state index contributed by atoms with van der Waals surface area (Å²) in [7, 11) is 0. The first-order chi connectivity index (χ1) is 8.40. The fourth-order valence-electron chi connectivity index (χ4n) is 1.00. The highest BCUT2D eigenvalue weighted by Crippen LogP contribution is 2.07. The Bertz CT molecular complexity index is 475. The predicted molar refractivity (Wildman–Crippen MR) is 61.9 cm³/mol. The molecule has 0 saturated heterocycles. The van der Waals surface area contributed by atoms with Crippen LogP contribution in [0.5, 0.6) is 0 Å². The number of ether oxygens (including phenoxy) is 1. The van der Waals surface area contributed by atoms with E-state index in [0.717, 1.165) is 0 Å². The van der Waals surface area contributed by atoms with Crippen LogP contribution in [0.15, 0.2) is 18.3 Å². The zero-order valence-electron chi connectivity index (χ0n) is 9.34. The average Bonchev–Trinajstić information content (AvgIpc) is 2.28. The third kappa shape index (κ3) is 4.02. The van der Waals surface area contributed by atoms with Crippen molar-refractivity contribution in [3.8, 4) is 0 Å². The maximum atomic E-state index is 11.6. The molecule has 3 N–H and O–H groups in total. The molecule has 1 heterocycles. The van der Waals surface area contributed by atoms with Crippen molar-refractivity contribution in [3.63, 3.8) is 0 Å². The van der Waals surface area contributed by atoms with E-state index in [1.54, 1.807) is 5.32 Å². The van der Waals surface area contributed by atoms with Crippen LogP contribution < -0.4 is 11.1 Å². The van der Waals surface area contributed by atoms with Crippen LogP contribution in [0.25, 0.3) is 0 Å². The largest absolute Gasteiger partial charge is 0.449 e. The van der Waals surface area contributed by atoms with Crippen LogP contribution >= 0.6 is 11.6 Å². The van der Waals surface area contributed by atoms with Gasteiger partial charge in [-0.2, -0.15) is 0 Å². The van der Waals surface area contributed by atoms with Gasteiger partial charge in [-0.15, -0.1) is 0 Å². The highest BCUT2D eigenvalue weighted by molar-refractivity contribution is 6.29. The van der Waals surface area contributed by atoms with Crippen molar-refractivity contribution in [2.75, 3.05) is 0 Å². The molecular weight excluding hydrogens is 262 g/mol. The molecule has 0 radical (unpaired) electrons. The molecule has 0 bridgehead atoms. The number of nitrogens with zero attached hydrogens (tertiary/aromatic N) is 1. The SMILES string of the molecule is C[C@H](OC(=O)c1ccc(Cl)nc1)C(=O)NC(N)=O. The number of nitrogens with one attached hydrogen (secondary N) is 1. The lowest BCUT2D eigenvalue weighted by molar-refractivity contribution is -0.127. The fourth-order valence-corrected chi connectivity index (χ4v) is 1.11. The van der Waals surface area contributed by atoms with Gasteiger partial charge < -0.3 is 10.5 Å². The van der Waals surface area contributed by atoms with Crippen LogP contribution in [-0.4, -0.2) is 29.0 Å². The molecule has 96 valence electrons. The summed E-state index contributed by atoms with van der Waals surface area (Å²) < 4.78 is 4.80. The Balaban J connectivity index is 2.62. The highest BCUT2D eigenvalue weighted by atomic mass is 35.5. The molecule has 0 aromatic carbocycles. The lowest BCUT2D eigenvalue weighted by Crippen LogP contribution is -2.42. The molecule has 0 aliphatic rings. The first-order valence-electron chi connectivity index (χ1n) is 4.83. The van der Waals surface area contributed by atoms with Crippen LogP contribution in [0.2, 0.25) is 5.15 Å². The number of halogens is 1. The van der Waals surface area contributed by atoms with Crippen LogP contribution in [0.4, 0.5) is 4.79 Å². The number of urea groups is 1. The second-order valence-electron chi connectivity index (χ2n) is 3.27. The number of hydrogen-bond acceptors (Lipinski definition) is 5. The lowest BCUT2D eigenvalue weighted by Gasteiger charge is -2.11. The van der Waals surface area contributed by atoms with E-state index in [4.69, 9.17) is 22.1 Å². The topological polar surface area (TPSA) is 111 Å². The smallest absolute Gasteiger partial charge is 0.340 e. The maximum Gasteiger partial charge on any atom is 0.340 e. The summed E-state index contributed by atoms with van der Waals surface area (Å²) in [5.74, 6) is -1.57. The summed E-state index contributed by atoms with van der Waals surface area (Å²) in [6, 6.07) is 1.79. The van der Waals surface area contributed by atoms with Crippen LogP contribution in [0, 0.1) is 0 Å². The summed E-state index contributed by atoms with van der Waals surface area (Å²) in [5.41, 5.74) is 4.89. The predicted octanol–water partition coefficient (Wildman–Crippen LogP) is 0.475. The summed E-state index contributed by atoms with van der Waals surface area (Å²) in [6.07, 6.45) is 0.0595. The Morgan fingerprint density at radius 3 is 2.61 bits per heavy atom. The van der Waals surface area contributed by atoms with Gasteiger partial charge in [-0.05, 0) is 19.1 Å². The van der Waals surface area contributed by atoms with E-state index < -0.39 is 24.0 Å². The molecule has 0 fully saturated rings. The van der Waals surface area contributed by atoms with Crippen molar-refractivity contribution in [3.05, 3.63) is 29.0 Å². The number of rotatable bonds is 3. The Kier molecular flexibility index (Phi) is 4.61. The Hall–Kier alpha value is -2.15. The molecule has 0 unspecified atom stereocenters. The molecule has 3 amide bonds. The van der Waals surface area contributed by atoms with Gasteiger partial charge in [0.15, 0.2) is 6.10 Å². The Morgan fingerprint density at radius 2 is 2.11 bits per heavy atom. The number of hydrogen-bond donors (Lipinski definition) is 2. The molecule has 1 aromatic rings. The van der Waals surface area contributed by atoms with Gasteiger partial charge in [0.05, 0.1) is 5.56 Å². The summed E-state index contributed by atoms with van der Waals surface area (Å²) in [4.78, 5) is 36.9. The summed E-state index contributed by atoms with van der Waals surface area (Å²) in [5, 5.41) is 2.02. The quantitative estimate of drug-likeness (QED) is 0.613. The summed E-state index contributed by atoms with van der Waals surface area (Å²) >= 11 is 5.55. The number of nitrogens with two attached hydrogens (primary N) is 1. The van der Waals surface area contributed by atoms with Gasteiger partial charge in [-0.1, -0.05) is 11.6 Å². The van der Waals surface area contributed by atoms with E-state index in [2.05, 4.69) is 4.98 Å². The minimum absolute atomic E-state index is 0.137. The number of carbonyl (C=O) groups excluding carboxylic acids is 3. The second-order valence-corrected chi connectivity index (χ2v) is 3.66. The van der Waals surface area contributed by atoms with Crippen molar-refractivity contribution in [2.45, 2.75) is 13.0 Å². The van der Waals surface area contributed by atoms with Crippen LogP contribution in [-0.2, 0) is 9.53 Å². The Labute approximate surface area is 107 Å². The van der Waals surface area contributed by atoms with Gasteiger partial charge in [0.25, 0.3) is 5.91 Å². The lowest BCUT2D eigenvalue weighted by atomic mass is 10.3. The molecule has 1 aromatic heterocycles. The zero-order valence-corrected chi connectivity index (χ0v) is 10.1. The van der Waals surface area contributed by atoms with Crippen molar-refractivity contribution < 1.29 is 19.1 Å². The summed E-state index contributed by atoms with van der Waals surface area (Å²) in [6.45, 7) is 1.31. The molecule has 7 nitrogen and oxygen atoms in total. The normalized spacial score (nSPS) is 11.4. The van der Waals surface area contributed by atoms with Crippen LogP contribution in [0.1, 0.15) is 17.3 Å². The number of imide groups is 1. The van der Waals surface area contributed by atoms with E-state index in [0.29, 0.717) is 0 Å². The molecule has 1 atom stereocenters. The first-order valence-corrected chi connectivity index (χ1v) is 5.21. The van der Waals surface area contributed by atoms with E-state index in [9.17, 15) is 14.4 Å². The Morgan fingerprint density at radius 1 is 1.44 bits per heavy atom. The number of pyridine rings is 1. The third-order valence-electron chi connectivity index (χ3n) is 1.86. The van der Waals surface area contributed by atoms with E-state index in [1.807, 2.05) is 0 Å².